The molecule has 0 aromatic heterocycles. The lowest BCUT2D eigenvalue weighted by Gasteiger charge is -2.36. The SMILES string of the molecule is O=C(c1ccccc1)N1CCN(C(=O)C2(c3ccccc3F)CC2)CC1. The number of amides is 2. The Hall–Kier alpha value is -2.69. The van der Waals surface area contributed by atoms with E-state index in [2.05, 4.69) is 0 Å². The number of hydrogen-bond donors (Lipinski definition) is 0. The van der Waals surface area contributed by atoms with Crippen LogP contribution in [-0.2, 0) is 10.2 Å². The molecule has 1 saturated carbocycles. The van der Waals surface area contributed by atoms with E-state index in [4.69, 9.17) is 0 Å². The van der Waals surface area contributed by atoms with E-state index in [1.54, 1.807) is 40.1 Å². The summed E-state index contributed by atoms with van der Waals surface area (Å²) in [5.74, 6) is -0.321. The van der Waals surface area contributed by atoms with Crippen molar-refractivity contribution in [3.63, 3.8) is 0 Å². The average Bonchev–Trinajstić information content (AvgIpc) is 3.50. The Kier molecular flexibility index (Phi) is 4.23. The third kappa shape index (κ3) is 2.87. The van der Waals surface area contributed by atoms with Gasteiger partial charge in [0.05, 0.1) is 5.41 Å². The van der Waals surface area contributed by atoms with Gasteiger partial charge in [0, 0.05) is 37.3 Å². The highest BCUT2D eigenvalue weighted by atomic mass is 19.1. The Morgan fingerprint density at radius 2 is 1.38 bits per heavy atom. The van der Waals surface area contributed by atoms with Gasteiger partial charge in [0.1, 0.15) is 5.82 Å². The van der Waals surface area contributed by atoms with Gasteiger partial charge >= 0.3 is 0 Å². The van der Waals surface area contributed by atoms with Crippen molar-refractivity contribution in [2.24, 2.45) is 0 Å². The van der Waals surface area contributed by atoms with Gasteiger partial charge in [-0.05, 0) is 31.0 Å². The van der Waals surface area contributed by atoms with E-state index >= 15 is 0 Å². The Morgan fingerprint density at radius 1 is 0.808 bits per heavy atom. The number of nitrogens with zero attached hydrogens (tertiary/aromatic N) is 2. The van der Waals surface area contributed by atoms with Gasteiger partial charge in [0.2, 0.25) is 5.91 Å². The second kappa shape index (κ2) is 6.56. The molecule has 1 saturated heterocycles. The van der Waals surface area contributed by atoms with Crippen LogP contribution in [-0.4, -0.2) is 47.8 Å². The van der Waals surface area contributed by atoms with Crippen molar-refractivity contribution in [1.29, 1.82) is 0 Å². The van der Waals surface area contributed by atoms with Crippen LogP contribution in [0.25, 0.3) is 0 Å². The van der Waals surface area contributed by atoms with E-state index in [0.717, 1.165) is 0 Å². The standard InChI is InChI=1S/C21H21FN2O2/c22-18-9-5-4-8-17(18)21(10-11-21)20(26)24-14-12-23(13-15-24)19(25)16-6-2-1-3-7-16/h1-9H,10-15H2. The van der Waals surface area contributed by atoms with Gasteiger partial charge in [0.25, 0.3) is 5.91 Å². The lowest BCUT2D eigenvalue weighted by Crippen LogP contribution is -2.53. The molecule has 1 heterocycles. The van der Waals surface area contributed by atoms with Gasteiger partial charge in [-0.25, -0.2) is 4.39 Å². The zero-order valence-corrected chi connectivity index (χ0v) is 14.5. The first kappa shape index (κ1) is 16.8. The van der Waals surface area contributed by atoms with Gasteiger partial charge in [-0.3, -0.25) is 9.59 Å². The highest BCUT2D eigenvalue weighted by Crippen LogP contribution is 2.50. The summed E-state index contributed by atoms with van der Waals surface area (Å²) in [5, 5.41) is 0. The predicted octanol–water partition coefficient (Wildman–Crippen LogP) is 2.84. The normalized spacial score (nSPS) is 18.5. The molecule has 0 radical (unpaired) electrons. The largest absolute Gasteiger partial charge is 0.338 e. The molecule has 2 amide bonds. The minimum Gasteiger partial charge on any atom is -0.338 e. The average molecular weight is 352 g/mol. The first-order valence-corrected chi connectivity index (χ1v) is 9.00. The number of halogens is 1. The quantitative estimate of drug-likeness (QED) is 0.852. The Morgan fingerprint density at radius 3 is 2.00 bits per heavy atom. The van der Waals surface area contributed by atoms with Gasteiger partial charge in [-0.15, -0.1) is 0 Å². The Balaban J connectivity index is 1.43. The molecule has 134 valence electrons. The zero-order valence-electron chi connectivity index (χ0n) is 14.5. The molecule has 0 bridgehead atoms. The summed E-state index contributed by atoms with van der Waals surface area (Å²) in [4.78, 5) is 29.1. The first-order valence-electron chi connectivity index (χ1n) is 9.00. The van der Waals surface area contributed by atoms with Gasteiger partial charge in [-0.1, -0.05) is 36.4 Å². The third-order valence-corrected chi connectivity index (χ3v) is 5.42. The first-order chi connectivity index (χ1) is 12.6. The topological polar surface area (TPSA) is 40.6 Å². The van der Waals surface area contributed by atoms with Crippen molar-refractivity contribution < 1.29 is 14.0 Å². The molecule has 0 N–H and O–H groups in total. The second-order valence-corrected chi connectivity index (χ2v) is 7.01. The van der Waals surface area contributed by atoms with Crippen molar-refractivity contribution in [2.45, 2.75) is 18.3 Å². The van der Waals surface area contributed by atoms with Crippen LogP contribution in [0.3, 0.4) is 0 Å². The lowest BCUT2D eigenvalue weighted by molar-refractivity contribution is -0.135. The molecule has 0 unspecified atom stereocenters. The minimum atomic E-state index is -0.697. The van der Waals surface area contributed by atoms with E-state index in [0.29, 0.717) is 50.1 Å². The molecule has 0 atom stereocenters. The van der Waals surface area contributed by atoms with Crippen LogP contribution < -0.4 is 0 Å². The Labute approximate surface area is 152 Å². The van der Waals surface area contributed by atoms with E-state index < -0.39 is 5.41 Å². The lowest BCUT2D eigenvalue weighted by atomic mass is 9.93. The number of carbonyl (C=O) groups is 2. The van der Waals surface area contributed by atoms with Gasteiger partial charge in [-0.2, -0.15) is 0 Å². The fourth-order valence-corrected chi connectivity index (χ4v) is 3.75. The molecular weight excluding hydrogens is 331 g/mol. The van der Waals surface area contributed by atoms with Crippen LogP contribution in [0.2, 0.25) is 0 Å². The summed E-state index contributed by atoms with van der Waals surface area (Å²) >= 11 is 0. The highest BCUT2D eigenvalue weighted by molar-refractivity contribution is 5.95. The molecule has 2 aromatic carbocycles. The summed E-state index contributed by atoms with van der Waals surface area (Å²) in [6.45, 7) is 2.00. The van der Waals surface area contributed by atoms with Crippen LogP contribution in [0.1, 0.15) is 28.8 Å². The highest BCUT2D eigenvalue weighted by Gasteiger charge is 2.54. The predicted molar refractivity (Wildman–Crippen MR) is 96.2 cm³/mol. The Bertz CT molecular complexity index is 825. The number of benzene rings is 2. The molecule has 0 spiro atoms. The molecule has 4 nitrogen and oxygen atoms in total. The number of rotatable bonds is 3. The fraction of sp³-hybridized carbons (Fsp3) is 0.333. The van der Waals surface area contributed by atoms with Crippen molar-refractivity contribution >= 4 is 11.8 Å². The number of piperazine rings is 1. The van der Waals surface area contributed by atoms with E-state index in [1.807, 2.05) is 18.2 Å². The van der Waals surface area contributed by atoms with Crippen LogP contribution >= 0.6 is 0 Å². The summed E-state index contributed by atoms with van der Waals surface area (Å²) < 4.78 is 14.2. The molecule has 2 aliphatic rings. The molecule has 2 fully saturated rings. The maximum atomic E-state index is 14.2. The number of carbonyl (C=O) groups excluding carboxylic acids is 2. The number of hydrogen-bond acceptors (Lipinski definition) is 2. The molecule has 2 aromatic rings. The summed E-state index contributed by atoms with van der Waals surface area (Å²) in [5.41, 5.74) is 0.474. The maximum absolute atomic E-state index is 14.2. The van der Waals surface area contributed by atoms with Gasteiger partial charge in [0.15, 0.2) is 0 Å². The fourth-order valence-electron chi connectivity index (χ4n) is 3.75. The molecule has 1 aliphatic heterocycles. The minimum absolute atomic E-state index is 0.00518. The van der Waals surface area contributed by atoms with Crippen molar-refractivity contribution in [2.75, 3.05) is 26.2 Å². The van der Waals surface area contributed by atoms with Crippen molar-refractivity contribution in [1.82, 2.24) is 9.80 Å². The molecule has 5 heteroatoms. The van der Waals surface area contributed by atoms with E-state index in [-0.39, 0.29) is 17.6 Å². The van der Waals surface area contributed by atoms with Crippen LogP contribution in [0.5, 0.6) is 0 Å². The molecule has 4 rings (SSSR count). The smallest absolute Gasteiger partial charge is 0.253 e. The summed E-state index contributed by atoms with van der Waals surface area (Å²) in [6, 6.07) is 15.7. The van der Waals surface area contributed by atoms with Crippen LogP contribution in [0.15, 0.2) is 54.6 Å². The molecule has 1 aliphatic carbocycles. The van der Waals surface area contributed by atoms with Crippen LogP contribution in [0, 0.1) is 5.82 Å². The monoisotopic (exact) mass is 352 g/mol. The summed E-state index contributed by atoms with van der Waals surface area (Å²) in [7, 11) is 0. The van der Waals surface area contributed by atoms with Gasteiger partial charge < -0.3 is 9.80 Å². The zero-order chi connectivity index (χ0) is 18.1. The van der Waals surface area contributed by atoms with Crippen molar-refractivity contribution in [3.8, 4) is 0 Å². The summed E-state index contributed by atoms with van der Waals surface area (Å²) in [6.07, 6.45) is 1.38. The van der Waals surface area contributed by atoms with Crippen LogP contribution in [0.4, 0.5) is 4.39 Å². The molecular formula is C21H21FN2O2. The maximum Gasteiger partial charge on any atom is 0.253 e. The molecule has 26 heavy (non-hydrogen) atoms. The second-order valence-electron chi connectivity index (χ2n) is 7.01. The third-order valence-electron chi connectivity index (χ3n) is 5.42. The van der Waals surface area contributed by atoms with Crippen molar-refractivity contribution in [3.05, 3.63) is 71.5 Å². The van der Waals surface area contributed by atoms with E-state index in [1.165, 1.54) is 6.07 Å². The van der Waals surface area contributed by atoms with E-state index in [9.17, 15) is 14.0 Å².